The molecule has 0 radical (unpaired) electrons. The van der Waals surface area contributed by atoms with E-state index in [0.29, 0.717) is 23.1 Å². The minimum absolute atomic E-state index is 0.237. The van der Waals surface area contributed by atoms with Crippen LogP contribution in [0.1, 0.15) is 75.5 Å². The predicted octanol–water partition coefficient (Wildman–Crippen LogP) is 3.91. The summed E-state index contributed by atoms with van der Waals surface area (Å²) in [6, 6.07) is 13.6. The van der Waals surface area contributed by atoms with Gasteiger partial charge in [-0.2, -0.15) is 5.26 Å². The first-order valence-electron chi connectivity index (χ1n) is 14.0. The summed E-state index contributed by atoms with van der Waals surface area (Å²) in [6.45, 7) is 8.43. The lowest BCUT2D eigenvalue weighted by Gasteiger charge is -2.45. The third-order valence-corrected chi connectivity index (χ3v) is 6.78. The molecular weight excluding hydrogens is 558 g/mol. The molecule has 5 atom stereocenters. The summed E-state index contributed by atoms with van der Waals surface area (Å²) in [5.41, 5.74) is 3.56. The molecule has 43 heavy (non-hydrogen) atoms. The van der Waals surface area contributed by atoms with Gasteiger partial charge in [0.1, 0.15) is 24.6 Å². The maximum Gasteiger partial charge on any atom is 0.303 e. The van der Waals surface area contributed by atoms with Gasteiger partial charge in [-0.25, -0.2) is 0 Å². The molecule has 11 heteroatoms. The van der Waals surface area contributed by atoms with Crippen LogP contribution in [0.3, 0.4) is 0 Å². The van der Waals surface area contributed by atoms with Crippen LogP contribution in [0, 0.1) is 11.3 Å². The molecule has 0 aromatic heterocycles. The number of esters is 4. The topological polar surface area (TPSA) is 147 Å². The average Bonchev–Trinajstić information content (AvgIpc) is 2.94. The van der Waals surface area contributed by atoms with Crippen molar-refractivity contribution in [2.24, 2.45) is 0 Å². The SMILES string of the molecule is CCOc1cc(C#N)c(Cc2ccc(CC)cc2)cc1[C@@H]1O[C@H](COC(C)=O)[C@@H](OC(C)=O)[C@H](OC(C)=O)[C@H]1OC(C)=O. The summed E-state index contributed by atoms with van der Waals surface area (Å²) in [4.78, 5) is 48.4. The quantitative estimate of drug-likeness (QED) is 0.275. The molecule has 0 spiro atoms. The highest BCUT2D eigenvalue weighted by Gasteiger charge is 2.53. The van der Waals surface area contributed by atoms with Gasteiger partial charge in [0, 0.05) is 33.3 Å². The van der Waals surface area contributed by atoms with Crippen molar-refractivity contribution in [3.63, 3.8) is 0 Å². The normalized spacial score (nSPS) is 21.2. The van der Waals surface area contributed by atoms with E-state index in [1.54, 1.807) is 19.1 Å². The van der Waals surface area contributed by atoms with E-state index in [9.17, 15) is 24.4 Å². The number of carbonyl (C=O) groups is 4. The van der Waals surface area contributed by atoms with Gasteiger partial charge in [-0.05, 0) is 48.6 Å². The highest BCUT2D eigenvalue weighted by molar-refractivity contribution is 5.69. The Labute approximate surface area is 251 Å². The van der Waals surface area contributed by atoms with Gasteiger partial charge in [0.15, 0.2) is 18.3 Å². The van der Waals surface area contributed by atoms with Crippen molar-refractivity contribution in [1.82, 2.24) is 0 Å². The summed E-state index contributed by atoms with van der Waals surface area (Å²) in [6.07, 6.45) is -4.90. The molecule has 3 rings (SSSR count). The molecule has 2 aromatic carbocycles. The fraction of sp³-hybridized carbons (Fsp3) is 0.469. The minimum Gasteiger partial charge on any atom is -0.493 e. The Morgan fingerprint density at radius 2 is 1.40 bits per heavy atom. The molecule has 230 valence electrons. The van der Waals surface area contributed by atoms with Gasteiger partial charge in [0.25, 0.3) is 0 Å². The van der Waals surface area contributed by atoms with E-state index in [4.69, 9.17) is 28.4 Å². The molecule has 0 aliphatic carbocycles. The van der Waals surface area contributed by atoms with E-state index in [1.807, 2.05) is 24.3 Å². The van der Waals surface area contributed by atoms with Crippen molar-refractivity contribution >= 4 is 23.9 Å². The molecule has 1 saturated heterocycles. The van der Waals surface area contributed by atoms with Crippen LogP contribution < -0.4 is 4.74 Å². The van der Waals surface area contributed by atoms with Crippen molar-refractivity contribution in [2.45, 2.75) is 84.9 Å². The Kier molecular flexibility index (Phi) is 11.7. The maximum absolute atomic E-state index is 12.3. The Morgan fingerprint density at radius 1 is 0.814 bits per heavy atom. The molecule has 1 heterocycles. The highest BCUT2D eigenvalue weighted by Crippen LogP contribution is 2.42. The lowest BCUT2D eigenvalue weighted by Crippen LogP contribution is -2.59. The van der Waals surface area contributed by atoms with Crippen LogP contribution in [0.25, 0.3) is 0 Å². The van der Waals surface area contributed by atoms with Crippen molar-refractivity contribution in [1.29, 1.82) is 5.26 Å². The molecule has 0 saturated carbocycles. The van der Waals surface area contributed by atoms with Gasteiger partial charge in [0.2, 0.25) is 0 Å². The zero-order valence-electron chi connectivity index (χ0n) is 25.2. The maximum atomic E-state index is 12.3. The van der Waals surface area contributed by atoms with Gasteiger partial charge in [-0.3, -0.25) is 19.2 Å². The van der Waals surface area contributed by atoms with Crippen molar-refractivity contribution in [3.05, 3.63) is 64.2 Å². The molecule has 1 fully saturated rings. The molecule has 1 aliphatic rings. The molecule has 0 amide bonds. The smallest absolute Gasteiger partial charge is 0.303 e. The van der Waals surface area contributed by atoms with E-state index in [2.05, 4.69) is 13.0 Å². The lowest BCUT2D eigenvalue weighted by atomic mass is 9.87. The number of hydrogen-bond acceptors (Lipinski definition) is 11. The van der Waals surface area contributed by atoms with Gasteiger partial charge in [-0.1, -0.05) is 31.2 Å². The first kappa shape index (κ1) is 33.1. The molecule has 0 bridgehead atoms. The summed E-state index contributed by atoms with van der Waals surface area (Å²) >= 11 is 0. The number of aryl methyl sites for hydroxylation is 1. The number of rotatable bonds is 11. The number of hydrogen-bond donors (Lipinski definition) is 0. The first-order chi connectivity index (χ1) is 20.5. The average molecular weight is 596 g/mol. The highest BCUT2D eigenvalue weighted by atomic mass is 16.7. The Hall–Kier alpha value is -4.43. The zero-order chi connectivity index (χ0) is 31.7. The van der Waals surface area contributed by atoms with Crippen molar-refractivity contribution in [2.75, 3.05) is 13.2 Å². The second kappa shape index (κ2) is 15.2. The molecule has 0 unspecified atom stereocenters. The molecule has 1 aliphatic heterocycles. The summed E-state index contributed by atoms with van der Waals surface area (Å²) < 4.78 is 34.2. The lowest BCUT2D eigenvalue weighted by molar-refractivity contribution is -0.254. The molecule has 11 nitrogen and oxygen atoms in total. The van der Waals surface area contributed by atoms with Crippen LogP contribution in [0.5, 0.6) is 5.75 Å². The second-order valence-corrected chi connectivity index (χ2v) is 10.1. The van der Waals surface area contributed by atoms with Gasteiger partial charge in [0.05, 0.1) is 18.2 Å². The van der Waals surface area contributed by atoms with Crippen LogP contribution >= 0.6 is 0 Å². The first-order valence-corrected chi connectivity index (χ1v) is 14.0. The van der Waals surface area contributed by atoms with E-state index in [0.717, 1.165) is 25.8 Å². The van der Waals surface area contributed by atoms with Crippen LogP contribution in [0.2, 0.25) is 0 Å². The summed E-state index contributed by atoms with van der Waals surface area (Å²) in [5, 5.41) is 10.0. The van der Waals surface area contributed by atoms with Gasteiger partial charge in [-0.15, -0.1) is 0 Å². The third kappa shape index (κ3) is 8.78. The fourth-order valence-electron chi connectivity index (χ4n) is 4.99. The third-order valence-electron chi connectivity index (χ3n) is 6.78. The van der Waals surface area contributed by atoms with Gasteiger partial charge >= 0.3 is 23.9 Å². The van der Waals surface area contributed by atoms with E-state index in [1.165, 1.54) is 19.4 Å². The van der Waals surface area contributed by atoms with Crippen LogP contribution in [0.4, 0.5) is 0 Å². The number of carbonyl (C=O) groups excluding carboxylic acids is 4. The molecule has 0 N–H and O–H groups in total. The zero-order valence-corrected chi connectivity index (χ0v) is 25.2. The van der Waals surface area contributed by atoms with E-state index < -0.39 is 54.4 Å². The fourth-order valence-corrected chi connectivity index (χ4v) is 4.99. The monoisotopic (exact) mass is 595 g/mol. The Morgan fingerprint density at radius 3 is 1.93 bits per heavy atom. The molecular formula is C32H37NO10. The van der Waals surface area contributed by atoms with Crippen molar-refractivity contribution < 1.29 is 47.6 Å². The van der Waals surface area contributed by atoms with E-state index in [-0.39, 0.29) is 19.0 Å². The minimum atomic E-state index is -1.33. The number of nitriles is 1. The van der Waals surface area contributed by atoms with Crippen LogP contribution in [-0.4, -0.2) is 61.5 Å². The number of benzene rings is 2. The summed E-state index contributed by atoms with van der Waals surface area (Å²) in [7, 11) is 0. The summed E-state index contributed by atoms with van der Waals surface area (Å²) in [5.74, 6) is -2.49. The number of ether oxygens (including phenoxy) is 6. The Balaban J connectivity index is 2.21. The standard InChI is InChI=1S/C32H37NO10/c1-7-22-9-11-23(12-10-22)13-24-14-26(27(38-8-2)15-25(24)16-33)29-31(41-20(5)36)32(42-21(6)37)30(40-19(4)35)28(43-29)17-39-18(3)34/h9-12,14-15,28-32H,7-8,13,17H2,1-6H3/t28-,29+,30-,31+,32+/m1/s1. The van der Waals surface area contributed by atoms with E-state index >= 15 is 0 Å². The molecule has 2 aromatic rings. The predicted molar refractivity (Wildman–Crippen MR) is 152 cm³/mol. The largest absolute Gasteiger partial charge is 0.493 e. The second-order valence-electron chi connectivity index (χ2n) is 10.1. The number of nitrogens with zero attached hydrogens (tertiary/aromatic N) is 1. The van der Waals surface area contributed by atoms with Gasteiger partial charge < -0.3 is 28.4 Å². The van der Waals surface area contributed by atoms with Crippen LogP contribution in [0.15, 0.2) is 36.4 Å². The van der Waals surface area contributed by atoms with Crippen LogP contribution in [-0.2, 0) is 55.7 Å². The van der Waals surface area contributed by atoms with Crippen molar-refractivity contribution in [3.8, 4) is 11.8 Å². The Bertz CT molecular complexity index is 1360.